The Balaban J connectivity index is 0.00000128. The molecule has 1 amide bonds. The number of carboxylic acid groups (broad SMARTS) is 1. The molecule has 6 nitrogen and oxygen atoms in total. The zero-order chi connectivity index (χ0) is 11.6. The van der Waals surface area contributed by atoms with Crippen LogP contribution in [0.3, 0.4) is 0 Å². The number of nitrogens with zero attached hydrogens (tertiary/aromatic N) is 1. The normalized spacial score (nSPS) is 33.6. The number of carbonyl (C=O) groups is 2. The van der Waals surface area contributed by atoms with Crippen LogP contribution in [0.1, 0.15) is 20.3 Å². The smallest absolute Gasteiger partial charge is 0.548 e. The molecule has 2 fully saturated rings. The third-order valence-corrected chi connectivity index (χ3v) is 6.00. The quantitative estimate of drug-likeness (QED) is 0.345. The molecule has 0 saturated carbocycles. The minimum Gasteiger partial charge on any atom is -0.548 e. The number of hydrogen-bond acceptors (Lipinski definition) is 5. The van der Waals surface area contributed by atoms with Gasteiger partial charge >= 0.3 is 29.6 Å². The van der Waals surface area contributed by atoms with Gasteiger partial charge in [0.15, 0.2) is 9.84 Å². The number of fused-ring (bicyclic) bond motifs is 1. The van der Waals surface area contributed by atoms with E-state index < -0.39 is 37.9 Å². The minimum atomic E-state index is -3.61. The van der Waals surface area contributed by atoms with E-state index in [-0.39, 0.29) is 36.0 Å². The van der Waals surface area contributed by atoms with Crippen LogP contribution in [0.5, 0.6) is 0 Å². The summed E-state index contributed by atoms with van der Waals surface area (Å²) in [6, 6.07) is -1.37. The maximum Gasteiger partial charge on any atom is 1.00 e. The molecule has 8 heteroatoms. The fourth-order valence-electron chi connectivity index (χ4n) is 2.21. The van der Waals surface area contributed by atoms with Crippen molar-refractivity contribution >= 4 is 21.7 Å². The van der Waals surface area contributed by atoms with Gasteiger partial charge in [-0.1, -0.05) is 0 Å². The topological polar surface area (TPSA) is 94.6 Å². The average Bonchev–Trinajstić information content (AvgIpc) is 2.19. The van der Waals surface area contributed by atoms with Crippen LogP contribution in [0.4, 0.5) is 0 Å². The molecule has 84 valence electrons. The molecule has 0 spiro atoms. The summed E-state index contributed by atoms with van der Waals surface area (Å²) in [6.45, 7) is 2.63. The van der Waals surface area contributed by atoms with Gasteiger partial charge in [-0.25, -0.2) is 8.42 Å². The number of rotatable bonds is 1. The predicted molar refractivity (Wildman–Crippen MR) is 47.0 cm³/mol. The molecule has 0 aromatic rings. The van der Waals surface area contributed by atoms with Crippen molar-refractivity contribution in [3.05, 3.63) is 0 Å². The molecule has 2 heterocycles. The van der Waals surface area contributed by atoms with E-state index in [1.54, 1.807) is 0 Å². The number of carboxylic acids is 1. The van der Waals surface area contributed by atoms with Gasteiger partial charge in [0.2, 0.25) is 5.91 Å². The van der Waals surface area contributed by atoms with Crippen molar-refractivity contribution in [2.75, 3.05) is 0 Å². The molecular weight excluding hydrogens is 245 g/mol. The van der Waals surface area contributed by atoms with E-state index in [2.05, 4.69) is 0 Å². The van der Waals surface area contributed by atoms with Crippen molar-refractivity contribution in [2.45, 2.75) is 36.4 Å². The molecule has 16 heavy (non-hydrogen) atoms. The summed E-state index contributed by atoms with van der Waals surface area (Å²) in [5.41, 5.74) is 0. The van der Waals surface area contributed by atoms with Gasteiger partial charge in [-0.2, -0.15) is 0 Å². The summed E-state index contributed by atoms with van der Waals surface area (Å²) in [4.78, 5) is 23.0. The zero-order valence-corrected chi connectivity index (χ0v) is 12.1. The molecule has 0 aromatic heterocycles. The van der Waals surface area contributed by atoms with Crippen molar-refractivity contribution in [1.29, 1.82) is 0 Å². The third kappa shape index (κ3) is 1.38. The van der Waals surface area contributed by atoms with E-state index in [9.17, 15) is 23.1 Å². The van der Waals surface area contributed by atoms with E-state index in [0.29, 0.717) is 0 Å². The predicted octanol–water partition coefficient (Wildman–Crippen LogP) is -5.13. The van der Waals surface area contributed by atoms with Gasteiger partial charge in [-0.3, -0.25) is 4.79 Å². The molecular formula is C8H10NNaO5S. The first kappa shape index (κ1) is 14.0. The Hall–Kier alpha value is -0.110. The van der Waals surface area contributed by atoms with Gasteiger partial charge in [0, 0.05) is 0 Å². The summed E-state index contributed by atoms with van der Waals surface area (Å²) in [5, 5.41) is 9.90. The monoisotopic (exact) mass is 255 g/mol. The van der Waals surface area contributed by atoms with Crippen LogP contribution in [0.25, 0.3) is 0 Å². The first-order chi connectivity index (χ1) is 6.71. The fraction of sp³-hybridized carbons (Fsp3) is 0.750. The Morgan fingerprint density at radius 2 is 2.00 bits per heavy atom. The molecule has 0 radical (unpaired) electrons. The Morgan fingerprint density at radius 1 is 1.50 bits per heavy atom. The Labute approximate surface area is 115 Å². The van der Waals surface area contributed by atoms with Gasteiger partial charge < -0.3 is 14.8 Å². The van der Waals surface area contributed by atoms with Crippen molar-refractivity contribution in [2.24, 2.45) is 0 Å². The number of β-lactam (4-membered cyclic amide) rings is 1. The van der Waals surface area contributed by atoms with E-state index in [1.165, 1.54) is 13.8 Å². The molecule has 2 atom stereocenters. The number of carbonyl (C=O) groups excluding carboxylic acids is 2. The van der Waals surface area contributed by atoms with Crippen LogP contribution in [0, 0.1) is 0 Å². The van der Waals surface area contributed by atoms with Crippen LogP contribution in [0.2, 0.25) is 0 Å². The SMILES string of the molecule is CC1(C)[C@H](C(=O)[O-])N2C(=O)CC2S1(=O)=O.[Na+]. The number of amides is 1. The molecule has 2 aliphatic rings. The Kier molecular flexibility index (Phi) is 3.22. The molecule has 0 bridgehead atoms. The van der Waals surface area contributed by atoms with Gasteiger partial charge in [-0.05, 0) is 13.8 Å². The summed E-state index contributed by atoms with van der Waals surface area (Å²) in [5.74, 6) is -1.96. The van der Waals surface area contributed by atoms with Gasteiger partial charge in [0.05, 0.1) is 23.2 Å². The molecule has 0 aliphatic carbocycles. The molecule has 0 aromatic carbocycles. The maximum atomic E-state index is 11.9. The van der Waals surface area contributed by atoms with E-state index in [4.69, 9.17) is 0 Å². The van der Waals surface area contributed by atoms with E-state index >= 15 is 0 Å². The van der Waals surface area contributed by atoms with E-state index in [1.807, 2.05) is 0 Å². The van der Waals surface area contributed by atoms with Crippen molar-refractivity contribution in [3.63, 3.8) is 0 Å². The molecule has 2 saturated heterocycles. The minimum absolute atomic E-state index is 0. The summed E-state index contributed by atoms with van der Waals surface area (Å²) in [7, 11) is -3.61. The molecule has 2 aliphatic heterocycles. The largest absolute Gasteiger partial charge is 1.00 e. The third-order valence-electron chi connectivity index (χ3n) is 3.20. The standard InChI is InChI=1S/C8H11NO5S.Na/c1-8(2)6(7(11)12)9-4(10)3-5(9)15(8,13)14;/h5-6H,3H2,1-2H3,(H,11,12);/q;+1/p-1/t5?,6-;/m0./s1. The van der Waals surface area contributed by atoms with Gasteiger partial charge in [0.1, 0.15) is 5.37 Å². The molecule has 2 rings (SSSR count). The summed E-state index contributed by atoms with van der Waals surface area (Å²) < 4.78 is 22.2. The molecule has 0 N–H and O–H groups in total. The summed E-state index contributed by atoms with van der Waals surface area (Å²) in [6.07, 6.45) is -0.116. The number of hydrogen-bond donors (Lipinski definition) is 0. The maximum absolute atomic E-state index is 11.9. The second-order valence-electron chi connectivity index (χ2n) is 4.33. The van der Waals surface area contributed by atoms with E-state index in [0.717, 1.165) is 4.90 Å². The zero-order valence-electron chi connectivity index (χ0n) is 9.26. The van der Waals surface area contributed by atoms with Crippen LogP contribution < -0.4 is 34.7 Å². The first-order valence-electron chi connectivity index (χ1n) is 4.46. The van der Waals surface area contributed by atoms with Gasteiger partial charge in [-0.15, -0.1) is 0 Å². The van der Waals surface area contributed by atoms with Crippen LogP contribution in [-0.2, 0) is 19.4 Å². The van der Waals surface area contributed by atoms with Crippen LogP contribution in [-0.4, -0.2) is 41.4 Å². The Morgan fingerprint density at radius 3 is 2.31 bits per heavy atom. The van der Waals surface area contributed by atoms with Crippen molar-refractivity contribution in [1.82, 2.24) is 4.90 Å². The number of sulfone groups is 1. The van der Waals surface area contributed by atoms with Crippen LogP contribution in [0.15, 0.2) is 0 Å². The Bertz CT molecular complexity index is 457. The fourth-order valence-corrected chi connectivity index (χ4v) is 4.33. The van der Waals surface area contributed by atoms with Gasteiger partial charge in [0.25, 0.3) is 0 Å². The average molecular weight is 255 g/mol. The van der Waals surface area contributed by atoms with Crippen molar-refractivity contribution in [3.8, 4) is 0 Å². The van der Waals surface area contributed by atoms with Crippen LogP contribution >= 0.6 is 0 Å². The second kappa shape index (κ2) is 3.69. The first-order valence-corrected chi connectivity index (χ1v) is 6.01. The number of aliphatic carboxylic acids is 1. The second-order valence-corrected chi connectivity index (χ2v) is 7.02. The molecule has 1 unspecified atom stereocenters. The van der Waals surface area contributed by atoms with Crippen molar-refractivity contribution < 1.29 is 52.7 Å². The summed E-state index contributed by atoms with van der Waals surface area (Å²) >= 11 is 0.